The maximum atomic E-state index is 2.72. The molecule has 7 unspecified atom stereocenters. The second-order valence-corrected chi connectivity index (χ2v) is 17.3. The van der Waals surface area contributed by atoms with Crippen molar-refractivity contribution in [1.82, 2.24) is 0 Å². The lowest BCUT2D eigenvalue weighted by molar-refractivity contribution is 0.465. The summed E-state index contributed by atoms with van der Waals surface area (Å²) < 4.78 is 0. The molecule has 7 aliphatic carbocycles. The average molecular weight is 761 g/mol. The van der Waals surface area contributed by atoms with E-state index in [1.54, 1.807) is 0 Å². The van der Waals surface area contributed by atoms with Crippen molar-refractivity contribution in [3.63, 3.8) is 0 Å². The van der Waals surface area contributed by atoms with E-state index in [1.165, 1.54) is 67.3 Å². The third-order valence-corrected chi connectivity index (χ3v) is 14.4. The fraction of sp³-hybridized carbons (Fsp3) is 0.193. The van der Waals surface area contributed by atoms with Gasteiger partial charge in [0.25, 0.3) is 0 Å². The molecule has 0 bridgehead atoms. The van der Waals surface area contributed by atoms with Crippen LogP contribution in [0, 0.1) is 11.8 Å². The van der Waals surface area contributed by atoms with Gasteiger partial charge < -0.3 is 9.80 Å². The highest BCUT2D eigenvalue weighted by molar-refractivity contribution is 5.95. The summed E-state index contributed by atoms with van der Waals surface area (Å²) >= 11 is 0. The predicted molar refractivity (Wildman–Crippen MR) is 246 cm³/mol. The van der Waals surface area contributed by atoms with E-state index in [1.807, 2.05) is 0 Å². The smallest absolute Gasteiger partial charge is 0.0560 e. The Labute approximate surface area is 348 Å². The van der Waals surface area contributed by atoms with E-state index in [0.717, 1.165) is 25.7 Å². The molecule has 12 rings (SSSR count). The number of rotatable bonds is 6. The van der Waals surface area contributed by atoms with E-state index in [-0.39, 0.29) is 29.3 Å². The van der Waals surface area contributed by atoms with Gasteiger partial charge in [-0.25, -0.2) is 0 Å². The van der Waals surface area contributed by atoms with Crippen molar-refractivity contribution in [2.45, 2.75) is 55.0 Å². The van der Waals surface area contributed by atoms with Crippen molar-refractivity contribution in [2.75, 3.05) is 9.80 Å². The van der Waals surface area contributed by atoms with Crippen LogP contribution in [0.4, 0.5) is 17.1 Å². The van der Waals surface area contributed by atoms with Gasteiger partial charge in [-0.05, 0) is 107 Å². The van der Waals surface area contributed by atoms with E-state index in [4.69, 9.17) is 0 Å². The van der Waals surface area contributed by atoms with Gasteiger partial charge in [-0.1, -0.05) is 170 Å². The molecule has 0 fully saturated rings. The summed E-state index contributed by atoms with van der Waals surface area (Å²) in [6.45, 7) is 0. The summed E-state index contributed by atoms with van der Waals surface area (Å²) in [5, 5.41) is 0. The zero-order chi connectivity index (χ0) is 38.9. The fourth-order valence-electron chi connectivity index (χ4n) is 12.1. The highest BCUT2D eigenvalue weighted by Crippen LogP contribution is 2.67. The first kappa shape index (κ1) is 34.6. The van der Waals surface area contributed by atoms with Crippen molar-refractivity contribution in [1.29, 1.82) is 0 Å². The van der Waals surface area contributed by atoms with Crippen LogP contribution in [0.1, 0.15) is 70.9 Å². The Balaban J connectivity index is 1.06. The standard InChI is InChI=1S/C57H48N2/c1-4-18-41(19-5-1)58(44-34-33-40-32-31-39-17-10-11-24-46(39)50(40)37-44)45-35-36-48-47-25-12-14-27-51(47)57(54(48)38-45)52-28-15-13-26-49(52)56-53(57)29-16-30-55(56)59(42-20-6-2-7-21-42)43-22-8-3-9-23-43/h1-4,6-18,20-22,24-36,38,40,43-44,47,50-51H,5,19,23,37H2. The summed E-state index contributed by atoms with van der Waals surface area (Å²) in [5.74, 6) is 1.43. The van der Waals surface area contributed by atoms with Gasteiger partial charge in [0.15, 0.2) is 0 Å². The number of allylic oxidation sites excluding steroid dienone is 12. The Morgan fingerprint density at radius 1 is 0.559 bits per heavy atom. The molecule has 0 aromatic heterocycles. The Hall–Kier alpha value is -6.38. The molecule has 7 aliphatic rings. The quantitative estimate of drug-likeness (QED) is 0.159. The zero-order valence-electron chi connectivity index (χ0n) is 33.3. The minimum Gasteiger partial charge on any atom is -0.338 e. The topological polar surface area (TPSA) is 6.48 Å². The number of benzene rings is 5. The Morgan fingerprint density at radius 2 is 1.41 bits per heavy atom. The van der Waals surface area contributed by atoms with Gasteiger partial charge in [0.05, 0.1) is 17.5 Å². The molecule has 5 aromatic rings. The summed E-state index contributed by atoms with van der Waals surface area (Å²) in [7, 11) is 0. The average Bonchev–Trinajstić information content (AvgIpc) is 3.78. The Morgan fingerprint density at radius 3 is 2.31 bits per heavy atom. The first-order valence-electron chi connectivity index (χ1n) is 21.8. The molecule has 2 heteroatoms. The molecule has 59 heavy (non-hydrogen) atoms. The van der Waals surface area contributed by atoms with Crippen LogP contribution in [-0.4, -0.2) is 12.1 Å². The molecule has 2 nitrogen and oxygen atoms in total. The Bertz CT molecular complexity index is 2740. The van der Waals surface area contributed by atoms with Crippen LogP contribution >= 0.6 is 0 Å². The van der Waals surface area contributed by atoms with Crippen LogP contribution in [0.15, 0.2) is 206 Å². The molecule has 286 valence electrons. The maximum absolute atomic E-state index is 2.72. The van der Waals surface area contributed by atoms with Crippen molar-refractivity contribution in [2.24, 2.45) is 11.8 Å². The normalized spacial score (nSPS) is 27.1. The number of hydrogen-bond donors (Lipinski definition) is 0. The zero-order valence-corrected chi connectivity index (χ0v) is 33.3. The molecule has 7 atom stereocenters. The van der Waals surface area contributed by atoms with Gasteiger partial charge in [0.2, 0.25) is 0 Å². The third-order valence-electron chi connectivity index (χ3n) is 14.4. The lowest BCUT2D eigenvalue weighted by Crippen LogP contribution is -2.38. The van der Waals surface area contributed by atoms with Crippen LogP contribution in [0.5, 0.6) is 0 Å². The fourth-order valence-corrected chi connectivity index (χ4v) is 12.1. The van der Waals surface area contributed by atoms with E-state index in [9.17, 15) is 0 Å². The highest BCUT2D eigenvalue weighted by Gasteiger charge is 2.58. The number of fused-ring (bicyclic) bond motifs is 13. The number of para-hydroxylation sites is 1. The van der Waals surface area contributed by atoms with Gasteiger partial charge >= 0.3 is 0 Å². The van der Waals surface area contributed by atoms with Gasteiger partial charge in [0, 0.05) is 46.1 Å². The molecule has 1 spiro atoms. The van der Waals surface area contributed by atoms with Crippen LogP contribution in [0.2, 0.25) is 0 Å². The van der Waals surface area contributed by atoms with E-state index in [0.29, 0.717) is 11.8 Å². The molecule has 0 aliphatic heterocycles. The summed E-state index contributed by atoms with van der Waals surface area (Å²) in [6, 6.07) is 44.7. The number of anilines is 3. The number of nitrogens with zero attached hydrogens (tertiary/aromatic N) is 2. The molecule has 0 saturated carbocycles. The largest absolute Gasteiger partial charge is 0.338 e. The second-order valence-electron chi connectivity index (χ2n) is 17.3. The van der Waals surface area contributed by atoms with Crippen LogP contribution in [-0.2, 0) is 5.41 Å². The van der Waals surface area contributed by atoms with Crippen LogP contribution in [0.25, 0.3) is 17.2 Å². The van der Waals surface area contributed by atoms with Gasteiger partial charge in [0.1, 0.15) is 0 Å². The predicted octanol–water partition coefficient (Wildman–Crippen LogP) is 13.7. The number of hydrogen-bond acceptors (Lipinski definition) is 2. The molecule has 0 heterocycles. The molecular weight excluding hydrogens is 713 g/mol. The second kappa shape index (κ2) is 13.9. The molecular formula is C57H48N2. The van der Waals surface area contributed by atoms with Gasteiger partial charge in [-0.3, -0.25) is 0 Å². The van der Waals surface area contributed by atoms with Crippen LogP contribution in [0.3, 0.4) is 0 Å². The lowest BCUT2D eigenvalue weighted by atomic mass is 9.65. The third kappa shape index (κ3) is 5.25. The Kier molecular flexibility index (Phi) is 8.15. The van der Waals surface area contributed by atoms with Crippen molar-refractivity contribution in [3.8, 4) is 11.1 Å². The first-order valence-corrected chi connectivity index (χ1v) is 21.8. The van der Waals surface area contributed by atoms with E-state index in [2.05, 4.69) is 216 Å². The van der Waals surface area contributed by atoms with E-state index < -0.39 is 0 Å². The van der Waals surface area contributed by atoms with Gasteiger partial charge in [-0.2, -0.15) is 0 Å². The van der Waals surface area contributed by atoms with Crippen LogP contribution < -0.4 is 9.80 Å². The highest BCUT2D eigenvalue weighted by atomic mass is 15.2. The summed E-state index contributed by atoms with van der Waals surface area (Å²) in [6.07, 6.45) is 39.6. The van der Waals surface area contributed by atoms with Crippen molar-refractivity contribution in [3.05, 3.63) is 239 Å². The van der Waals surface area contributed by atoms with E-state index >= 15 is 0 Å². The maximum Gasteiger partial charge on any atom is 0.0560 e. The SMILES string of the molecule is C1=CCCC(N(c2ccc3c(c2)C2(c4ccccc4-c4c(N(c5ccccc5)C5C=CC=CC5)cccc42)C2C=CC=CC32)C2C=CC3C=Cc4ccccc4C3C2)=C1. The summed E-state index contributed by atoms with van der Waals surface area (Å²) in [4.78, 5) is 5.32. The minimum absolute atomic E-state index is 0.214. The summed E-state index contributed by atoms with van der Waals surface area (Å²) in [5.41, 5.74) is 16.2. The lowest BCUT2D eigenvalue weighted by Gasteiger charge is -2.42. The molecule has 0 saturated heterocycles. The first-order chi connectivity index (χ1) is 29.3. The minimum atomic E-state index is -0.350. The van der Waals surface area contributed by atoms with Crippen molar-refractivity contribution < 1.29 is 0 Å². The molecule has 0 radical (unpaired) electrons. The monoisotopic (exact) mass is 760 g/mol. The molecule has 0 amide bonds. The van der Waals surface area contributed by atoms with Crippen molar-refractivity contribution >= 4 is 23.1 Å². The van der Waals surface area contributed by atoms with Gasteiger partial charge in [-0.15, -0.1) is 0 Å². The molecule has 5 aromatic carbocycles. The molecule has 0 N–H and O–H groups in total.